The van der Waals surface area contributed by atoms with Gasteiger partial charge in [-0.3, -0.25) is 10.1 Å². The van der Waals surface area contributed by atoms with Gasteiger partial charge in [-0.1, -0.05) is 6.07 Å². The molecule has 1 fully saturated rings. The van der Waals surface area contributed by atoms with Crippen LogP contribution < -0.4 is 10.6 Å². The minimum absolute atomic E-state index is 0.00940. The minimum Gasteiger partial charge on any atom is -0.325 e. The highest BCUT2D eigenvalue weighted by atomic mass is 32.2. The van der Waals surface area contributed by atoms with Gasteiger partial charge in [-0.2, -0.15) is 0 Å². The Kier molecular flexibility index (Phi) is 3.69. The molecule has 2 N–H and O–H groups in total. The summed E-state index contributed by atoms with van der Waals surface area (Å²) < 4.78 is 0. The summed E-state index contributed by atoms with van der Waals surface area (Å²) in [7, 11) is 0. The van der Waals surface area contributed by atoms with Crippen molar-refractivity contribution in [1.82, 2.24) is 5.32 Å². The van der Waals surface area contributed by atoms with E-state index < -0.39 is 0 Å². The predicted molar refractivity (Wildman–Crippen MR) is 78.0 cm³/mol. The molecule has 0 saturated carbocycles. The maximum atomic E-state index is 12.1. The molecular weight excluding hydrogens is 244 g/mol. The van der Waals surface area contributed by atoms with Crippen molar-refractivity contribution in [3.8, 4) is 0 Å². The van der Waals surface area contributed by atoms with Crippen molar-refractivity contribution in [1.29, 1.82) is 0 Å². The Hall–Kier alpha value is -1.00. The third kappa shape index (κ3) is 3.27. The number of anilines is 1. The average molecular weight is 264 g/mol. The van der Waals surface area contributed by atoms with Crippen LogP contribution in [0.2, 0.25) is 0 Å². The summed E-state index contributed by atoms with van der Waals surface area (Å²) in [5.74, 6) is 0.877. The summed E-state index contributed by atoms with van der Waals surface area (Å²) in [4.78, 5) is 12.1. The van der Waals surface area contributed by atoms with Crippen LogP contribution in [-0.2, 0) is 4.79 Å². The number of amides is 1. The normalized spacial score (nSPS) is 21.9. The molecule has 0 unspecified atom stereocenters. The van der Waals surface area contributed by atoms with Crippen molar-refractivity contribution < 1.29 is 4.79 Å². The van der Waals surface area contributed by atoms with Crippen LogP contribution in [0.1, 0.15) is 25.0 Å². The quantitative estimate of drug-likeness (QED) is 0.863. The van der Waals surface area contributed by atoms with Gasteiger partial charge in [0.05, 0.1) is 10.9 Å². The SMILES string of the molecule is Cc1cc(C)cc(NC(=O)[C@H]2CSC(C)(C)N2)c1. The Balaban J connectivity index is 2.03. The fourth-order valence-electron chi connectivity index (χ4n) is 2.21. The van der Waals surface area contributed by atoms with Crippen LogP contribution in [0.5, 0.6) is 0 Å². The first-order valence-corrected chi connectivity index (χ1v) is 7.15. The fraction of sp³-hybridized carbons (Fsp3) is 0.500. The average Bonchev–Trinajstić information content (AvgIpc) is 2.57. The first-order chi connectivity index (χ1) is 8.35. The highest BCUT2D eigenvalue weighted by molar-refractivity contribution is 8.00. The highest BCUT2D eigenvalue weighted by Gasteiger charge is 2.34. The zero-order valence-electron chi connectivity index (χ0n) is 11.3. The largest absolute Gasteiger partial charge is 0.325 e. The molecule has 1 saturated heterocycles. The second-order valence-electron chi connectivity index (χ2n) is 5.38. The molecular formula is C14H20N2OS. The molecule has 4 heteroatoms. The molecule has 1 aliphatic rings. The number of carbonyl (C=O) groups excluding carboxylic acids is 1. The third-order valence-corrected chi connectivity index (χ3v) is 4.28. The molecule has 1 heterocycles. The van der Waals surface area contributed by atoms with Gasteiger partial charge in [0.15, 0.2) is 0 Å². The molecule has 1 aliphatic heterocycles. The molecule has 1 amide bonds. The van der Waals surface area contributed by atoms with Crippen LogP contribution in [0.3, 0.4) is 0 Å². The van der Waals surface area contributed by atoms with Gasteiger partial charge < -0.3 is 5.32 Å². The summed E-state index contributed by atoms with van der Waals surface area (Å²) in [6.45, 7) is 8.27. The van der Waals surface area contributed by atoms with Gasteiger partial charge in [0.2, 0.25) is 5.91 Å². The number of benzene rings is 1. The van der Waals surface area contributed by atoms with Crippen LogP contribution in [-0.4, -0.2) is 22.6 Å². The number of nitrogens with one attached hydrogen (secondary N) is 2. The number of aryl methyl sites for hydroxylation is 2. The molecule has 0 aliphatic carbocycles. The first kappa shape index (κ1) is 13.4. The molecule has 2 rings (SSSR count). The maximum Gasteiger partial charge on any atom is 0.242 e. The first-order valence-electron chi connectivity index (χ1n) is 6.16. The van der Waals surface area contributed by atoms with E-state index in [-0.39, 0.29) is 16.8 Å². The van der Waals surface area contributed by atoms with Crippen LogP contribution in [0.25, 0.3) is 0 Å². The monoisotopic (exact) mass is 264 g/mol. The Morgan fingerprint density at radius 3 is 2.44 bits per heavy atom. The Bertz CT molecular complexity index is 451. The minimum atomic E-state index is -0.106. The number of rotatable bonds is 2. The van der Waals surface area contributed by atoms with Crippen molar-refractivity contribution in [2.45, 2.75) is 38.6 Å². The maximum absolute atomic E-state index is 12.1. The number of hydrogen-bond acceptors (Lipinski definition) is 3. The molecule has 0 aromatic heterocycles. The lowest BCUT2D eigenvalue weighted by atomic mass is 10.1. The second-order valence-corrected chi connectivity index (χ2v) is 7.03. The van der Waals surface area contributed by atoms with E-state index in [0.717, 1.165) is 11.4 Å². The lowest BCUT2D eigenvalue weighted by molar-refractivity contribution is -0.117. The van der Waals surface area contributed by atoms with Crippen molar-refractivity contribution >= 4 is 23.4 Å². The van der Waals surface area contributed by atoms with Crippen LogP contribution in [0.15, 0.2) is 18.2 Å². The molecule has 98 valence electrons. The predicted octanol–water partition coefficient (Wildman–Crippen LogP) is 2.68. The standard InChI is InChI=1S/C14H20N2OS/c1-9-5-10(2)7-11(6-9)15-13(17)12-8-18-14(3,4)16-12/h5-7,12,16H,8H2,1-4H3,(H,15,17)/t12-/m1/s1. The van der Waals surface area contributed by atoms with Crippen molar-refractivity contribution in [2.75, 3.05) is 11.1 Å². The van der Waals surface area contributed by atoms with Gasteiger partial charge in [-0.25, -0.2) is 0 Å². The Morgan fingerprint density at radius 1 is 1.33 bits per heavy atom. The zero-order chi connectivity index (χ0) is 13.3. The van der Waals surface area contributed by atoms with Gasteiger partial charge >= 0.3 is 0 Å². The second kappa shape index (κ2) is 4.94. The van der Waals surface area contributed by atoms with Crippen LogP contribution in [0, 0.1) is 13.8 Å². The smallest absolute Gasteiger partial charge is 0.242 e. The van der Waals surface area contributed by atoms with E-state index in [4.69, 9.17) is 0 Å². The van der Waals surface area contributed by atoms with Crippen LogP contribution in [0.4, 0.5) is 5.69 Å². The van der Waals surface area contributed by atoms with Gasteiger partial charge in [0.25, 0.3) is 0 Å². The van der Waals surface area contributed by atoms with E-state index in [0.29, 0.717) is 0 Å². The molecule has 18 heavy (non-hydrogen) atoms. The van der Waals surface area contributed by atoms with E-state index in [1.165, 1.54) is 11.1 Å². The van der Waals surface area contributed by atoms with E-state index >= 15 is 0 Å². The molecule has 1 atom stereocenters. The highest BCUT2D eigenvalue weighted by Crippen LogP contribution is 2.29. The Morgan fingerprint density at radius 2 is 1.94 bits per heavy atom. The Labute approximate surface area is 113 Å². The fourth-order valence-corrected chi connectivity index (χ4v) is 3.26. The molecule has 1 aromatic rings. The van der Waals surface area contributed by atoms with E-state index in [2.05, 4.69) is 30.5 Å². The van der Waals surface area contributed by atoms with Crippen LogP contribution >= 0.6 is 11.8 Å². The molecule has 0 spiro atoms. The summed E-state index contributed by atoms with van der Waals surface area (Å²) in [5, 5.41) is 6.32. The van der Waals surface area contributed by atoms with Crippen molar-refractivity contribution in [3.63, 3.8) is 0 Å². The van der Waals surface area contributed by atoms with E-state index in [9.17, 15) is 4.79 Å². The van der Waals surface area contributed by atoms with E-state index in [1.54, 1.807) is 11.8 Å². The molecule has 1 aromatic carbocycles. The molecule has 0 bridgehead atoms. The number of thioether (sulfide) groups is 1. The van der Waals surface area contributed by atoms with Gasteiger partial charge in [-0.05, 0) is 51.0 Å². The number of hydrogen-bond donors (Lipinski definition) is 2. The topological polar surface area (TPSA) is 41.1 Å². The molecule has 0 radical (unpaired) electrons. The van der Waals surface area contributed by atoms with Crippen molar-refractivity contribution in [3.05, 3.63) is 29.3 Å². The van der Waals surface area contributed by atoms with E-state index in [1.807, 2.05) is 26.0 Å². The van der Waals surface area contributed by atoms with Gasteiger partial charge in [-0.15, -0.1) is 11.8 Å². The summed E-state index contributed by atoms with van der Waals surface area (Å²) in [6.07, 6.45) is 0. The van der Waals surface area contributed by atoms with Gasteiger partial charge in [0, 0.05) is 11.4 Å². The van der Waals surface area contributed by atoms with Crippen molar-refractivity contribution in [2.24, 2.45) is 0 Å². The summed E-state index contributed by atoms with van der Waals surface area (Å²) >= 11 is 1.78. The summed E-state index contributed by atoms with van der Waals surface area (Å²) in [5.41, 5.74) is 3.22. The molecule has 3 nitrogen and oxygen atoms in total. The zero-order valence-corrected chi connectivity index (χ0v) is 12.1. The summed E-state index contributed by atoms with van der Waals surface area (Å²) in [6, 6.07) is 5.99. The number of carbonyl (C=O) groups is 1. The van der Waals surface area contributed by atoms with Gasteiger partial charge in [0.1, 0.15) is 0 Å². The third-order valence-electron chi connectivity index (χ3n) is 2.94. The lowest BCUT2D eigenvalue weighted by Gasteiger charge is -2.18. The lowest BCUT2D eigenvalue weighted by Crippen LogP contribution is -2.44.